The van der Waals surface area contributed by atoms with Crippen molar-refractivity contribution < 1.29 is 14.3 Å². The van der Waals surface area contributed by atoms with Crippen molar-refractivity contribution in [2.75, 3.05) is 0 Å². The van der Waals surface area contributed by atoms with Gasteiger partial charge in [-0.15, -0.1) is 11.3 Å². The van der Waals surface area contributed by atoms with E-state index in [2.05, 4.69) is 4.98 Å². The summed E-state index contributed by atoms with van der Waals surface area (Å²) >= 11 is 1.53. The van der Waals surface area contributed by atoms with E-state index in [9.17, 15) is 4.79 Å². The number of thiophene rings is 1. The lowest BCUT2D eigenvalue weighted by molar-refractivity contribution is -0.136. The Morgan fingerprint density at radius 3 is 3.14 bits per heavy atom. The fraction of sp³-hybridized carbons (Fsp3) is 0.111. The van der Waals surface area contributed by atoms with Gasteiger partial charge in [0.2, 0.25) is 5.89 Å². The number of hydrogen-bond acceptors (Lipinski definition) is 4. The molecule has 4 nitrogen and oxygen atoms in total. The van der Waals surface area contributed by atoms with Gasteiger partial charge in [0, 0.05) is 0 Å². The fourth-order valence-corrected chi connectivity index (χ4v) is 1.73. The molecule has 14 heavy (non-hydrogen) atoms. The second-order valence-corrected chi connectivity index (χ2v) is 3.61. The molecule has 0 unspecified atom stereocenters. The van der Waals surface area contributed by atoms with E-state index in [1.807, 2.05) is 17.5 Å². The van der Waals surface area contributed by atoms with Crippen LogP contribution >= 0.6 is 11.3 Å². The predicted molar refractivity (Wildman–Crippen MR) is 51.2 cm³/mol. The quantitative estimate of drug-likeness (QED) is 0.840. The third-order valence-corrected chi connectivity index (χ3v) is 2.50. The molecule has 0 atom stereocenters. The molecular weight excluding hydrogens is 202 g/mol. The smallest absolute Gasteiger partial charge is 0.312 e. The Hall–Kier alpha value is -1.62. The van der Waals surface area contributed by atoms with Crippen LogP contribution in [0.15, 0.2) is 28.1 Å². The first-order valence-corrected chi connectivity index (χ1v) is 4.84. The zero-order valence-electron chi connectivity index (χ0n) is 7.14. The average Bonchev–Trinajstić information content (AvgIpc) is 2.69. The predicted octanol–water partition coefficient (Wildman–Crippen LogP) is 2.03. The molecule has 0 saturated carbocycles. The molecular formula is C9H7NO3S. The summed E-state index contributed by atoms with van der Waals surface area (Å²) in [7, 11) is 0. The Bertz CT molecular complexity index is 433. The number of carboxylic acids is 1. The van der Waals surface area contributed by atoms with Crippen LogP contribution in [0.4, 0.5) is 0 Å². The number of oxazole rings is 1. The number of hydrogen-bond donors (Lipinski definition) is 1. The van der Waals surface area contributed by atoms with Gasteiger partial charge in [0.05, 0.1) is 11.1 Å². The van der Waals surface area contributed by atoms with Crippen molar-refractivity contribution in [2.24, 2.45) is 0 Å². The lowest BCUT2D eigenvalue weighted by atomic mass is 10.4. The summed E-state index contributed by atoms with van der Waals surface area (Å²) in [6, 6.07) is 3.80. The molecule has 0 aliphatic rings. The van der Waals surface area contributed by atoms with Crippen LogP contribution in [0.25, 0.3) is 10.6 Å². The fourth-order valence-electron chi connectivity index (χ4n) is 1.05. The molecule has 0 aromatic carbocycles. The highest BCUT2D eigenvalue weighted by atomic mass is 32.1. The number of aromatic nitrogens is 1. The van der Waals surface area contributed by atoms with Crippen molar-refractivity contribution in [1.29, 1.82) is 0 Å². The van der Waals surface area contributed by atoms with Crippen molar-refractivity contribution >= 4 is 17.3 Å². The maximum Gasteiger partial charge on any atom is 0.312 e. The van der Waals surface area contributed by atoms with Crippen LogP contribution in [0.5, 0.6) is 0 Å². The van der Waals surface area contributed by atoms with E-state index >= 15 is 0 Å². The minimum Gasteiger partial charge on any atom is -0.481 e. The number of carboxylic acid groups (broad SMARTS) is 1. The normalized spacial score (nSPS) is 10.3. The Kier molecular flexibility index (Phi) is 2.32. The highest BCUT2D eigenvalue weighted by Gasteiger charge is 2.09. The van der Waals surface area contributed by atoms with E-state index in [1.54, 1.807) is 6.20 Å². The van der Waals surface area contributed by atoms with Gasteiger partial charge in [-0.25, -0.2) is 4.98 Å². The second-order valence-electron chi connectivity index (χ2n) is 2.67. The van der Waals surface area contributed by atoms with Crippen LogP contribution < -0.4 is 0 Å². The summed E-state index contributed by atoms with van der Waals surface area (Å²) in [5.74, 6) is -0.0817. The molecule has 1 N–H and O–H groups in total. The van der Waals surface area contributed by atoms with Gasteiger partial charge >= 0.3 is 5.97 Å². The first kappa shape index (κ1) is 8.96. The molecule has 2 heterocycles. The molecule has 2 aromatic heterocycles. The lowest BCUT2D eigenvalue weighted by Gasteiger charge is -1.88. The molecule has 2 aromatic rings. The van der Waals surface area contributed by atoms with E-state index in [1.165, 1.54) is 11.3 Å². The molecule has 72 valence electrons. The number of nitrogens with zero attached hydrogens (tertiary/aromatic N) is 1. The third kappa shape index (κ3) is 1.82. The zero-order valence-corrected chi connectivity index (χ0v) is 7.95. The van der Waals surface area contributed by atoms with Crippen LogP contribution in [0, 0.1) is 0 Å². The first-order chi connectivity index (χ1) is 6.75. The molecule has 5 heteroatoms. The van der Waals surface area contributed by atoms with Crippen molar-refractivity contribution in [1.82, 2.24) is 4.98 Å². The topological polar surface area (TPSA) is 63.3 Å². The molecule has 2 rings (SSSR count). The van der Waals surface area contributed by atoms with E-state index in [4.69, 9.17) is 9.52 Å². The lowest BCUT2D eigenvalue weighted by Crippen LogP contribution is -1.99. The van der Waals surface area contributed by atoms with Gasteiger partial charge in [-0.2, -0.15) is 0 Å². The molecule has 0 aliphatic heterocycles. The van der Waals surface area contributed by atoms with Crippen molar-refractivity contribution in [2.45, 2.75) is 6.42 Å². The maximum absolute atomic E-state index is 10.4. The Morgan fingerprint density at radius 2 is 2.50 bits per heavy atom. The Balaban J connectivity index is 2.22. The van der Waals surface area contributed by atoms with Crippen LogP contribution in [0.3, 0.4) is 0 Å². The van der Waals surface area contributed by atoms with Gasteiger partial charge in [-0.3, -0.25) is 4.79 Å². The van der Waals surface area contributed by atoms with Crippen LogP contribution in [-0.4, -0.2) is 16.1 Å². The number of carbonyl (C=O) groups is 1. The van der Waals surface area contributed by atoms with Crippen molar-refractivity contribution in [3.05, 3.63) is 29.6 Å². The third-order valence-electron chi connectivity index (χ3n) is 1.62. The molecule has 0 saturated heterocycles. The minimum atomic E-state index is -0.940. The highest BCUT2D eigenvalue weighted by Crippen LogP contribution is 2.25. The summed E-state index contributed by atoms with van der Waals surface area (Å²) in [4.78, 5) is 15.2. The van der Waals surface area contributed by atoms with E-state index in [0.717, 1.165) is 4.88 Å². The van der Waals surface area contributed by atoms with Crippen LogP contribution in [-0.2, 0) is 11.2 Å². The van der Waals surface area contributed by atoms with Crippen molar-refractivity contribution in [3.63, 3.8) is 0 Å². The minimum absolute atomic E-state index is 0.175. The van der Waals surface area contributed by atoms with Crippen LogP contribution in [0.2, 0.25) is 0 Å². The van der Waals surface area contributed by atoms with E-state index in [0.29, 0.717) is 5.76 Å². The average molecular weight is 209 g/mol. The molecule has 0 fully saturated rings. The highest BCUT2D eigenvalue weighted by molar-refractivity contribution is 7.13. The molecule has 0 aliphatic carbocycles. The van der Waals surface area contributed by atoms with Gasteiger partial charge in [0.25, 0.3) is 0 Å². The summed E-state index contributed by atoms with van der Waals surface area (Å²) in [6.45, 7) is 0. The van der Waals surface area contributed by atoms with Crippen LogP contribution in [0.1, 0.15) is 5.89 Å². The van der Waals surface area contributed by atoms with Gasteiger partial charge in [-0.1, -0.05) is 6.07 Å². The van der Waals surface area contributed by atoms with E-state index in [-0.39, 0.29) is 12.3 Å². The number of rotatable bonds is 3. The van der Waals surface area contributed by atoms with Crippen molar-refractivity contribution in [3.8, 4) is 10.6 Å². The monoisotopic (exact) mass is 209 g/mol. The van der Waals surface area contributed by atoms with E-state index < -0.39 is 5.97 Å². The van der Waals surface area contributed by atoms with Gasteiger partial charge < -0.3 is 9.52 Å². The van der Waals surface area contributed by atoms with Gasteiger partial charge in [0.15, 0.2) is 5.76 Å². The molecule has 0 bridgehead atoms. The zero-order chi connectivity index (χ0) is 9.97. The van der Waals surface area contributed by atoms with Gasteiger partial charge in [0.1, 0.15) is 6.42 Å². The molecule has 0 spiro atoms. The summed E-state index contributed by atoms with van der Waals surface area (Å²) in [6.07, 6.45) is 1.37. The molecule has 0 amide bonds. The standard InChI is InChI=1S/C9H7NO3S/c11-9(12)4-8-10-5-6(13-8)7-2-1-3-14-7/h1-3,5H,4H2,(H,11,12). The second kappa shape index (κ2) is 3.63. The summed E-state index contributed by atoms with van der Waals surface area (Å²) < 4.78 is 5.26. The maximum atomic E-state index is 10.4. The Labute approximate surface area is 83.8 Å². The summed E-state index contributed by atoms with van der Waals surface area (Å²) in [5, 5.41) is 10.4. The summed E-state index contributed by atoms with van der Waals surface area (Å²) in [5.41, 5.74) is 0. The SMILES string of the molecule is O=C(O)Cc1ncc(-c2cccs2)o1. The largest absolute Gasteiger partial charge is 0.481 e. The Morgan fingerprint density at radius 1 is 1.64 bits per heavy atom. The number of aliphatic carboxylic acids is 1. The first-order valence-electron chi connectivity index (χ1n) is 3.96. The molecule has 0 radical (unpaired) electrons. The van der Waals surface area contributed by atoms with Gasteiger partial charge in [-0.05, 0) is 11.4 Å².